The minimum absolute atomic E-state index is 0.0748. The van der Waals surface area contributed by atoms with Crippen molar-refractivity contribution in [2.45, 2.75) is 6.18 Å². The Morgan fingerprint density at radius 2 is 2.03 bits per heavy atom. The van der Waals surface area contributed by atoms with Crippen molar-refractivity contribution in [3.63, 3.8) is 0 Å². The number of benzene rings is 1. The number of alkyl halides is 3. The molecule has 0 radical (unpaired) electrons. The third kappa shape index (κ3) is 4.14. The Bertz CT molecular complexity index is 1090. The van der Waals surface area contributed by atoms with Gasteiger partial charge in [0.25, 0.3) is 0 Å². The van der Waals surface area contributed by atoms with Gasteiger partial charge in [-0.05, 0) is 18.2 Å². The predicted octanol–water partition coefficient (Wildman–Crippen LogP) is 4.00. The van der Waals surface area contributed by atoms with E-state index in [1.807, 2.05) is 0 Å². The van der Waals surface area contributed by atoms with Crippen LogP contribution in [-0.4, -0.2) is 51.7 Å². The van der Waals surface area contributed by atoms with E-state index in [1.54, 1.807) is 29.2 Å². The summed E-state index contributed by atoms with van der Waals surface area (Å²) in [7, 11) is 0. The average molecular weight is 443 g/mol. The van der Waals surface area contributed by atoms with Crippen molar-refractivity contribution < 1.29 is 22.7 Å². The molecule has 1 fully saturated rings. The molecule has 0 N–H and O–H groups in total. The molecule has 1 aromatic carbocycles. The number of hydrogen-bond acceptors (Lipinski definition) is 5. The Balaban J connectivity index is 1.77. The Kier molecular flexibility index (Phi) is 5.32. The number of amides is 1. The van der Waals surface area contributed by atoms with E-state index >= 15 is 0 Å². The van der Waals surface area contributed by atoms with Gasteiger partial charge < -0.3 is 9.64 Å². The molecule has 2 aromatic heterocycles. The van der Waals surface area contributed by atoms with Gasteiger partial charge in [-0.15, -0.1) is 5.10 Å². The van der Waals surface area contributed by atoms with E-state index in [0.717, 1.165) is 4.52 Å². The van der Waals surface area contributed by atoms with Crippen molar-refractivity contribution in [2.75, 3.05) is 26.3 Å². The largest absolute Gasteiger partial charge is 0.445 e. The highest BCUT2D eigenvalue weighted by molar-refractivity contribution is 7.16. The summed E-state index contributed by atoms with van der Waals surface area (Å²) < 4.78 is 45.5. The van der Waals surface area contributed by atoms with Gasteiger partial charge in [0, 0.05) is 29.8 Å². The Morgan fingerprint density at radius 1 is 1.28 bits per heavy atom. The standard InChI is InChI=1S/C18H14ClF3N4O2S/c19-12-3-1-2-11(10-12)15-13(4-5-14(27)25-6-8-28-9-7-25)26-17(23-15)29-16(24-26)18(20,21)22/h1-5,10H,6-9H2. The fourth-order valence-electron chi connectivity index (χ4n) is 2.92. The van der Waals surface area contributed by atoms with Gasteiger partial charge in [-0.1, -0.05) is 35.1 Å². The van der Waals surface area contributed by atoms with Gasteiger partial charge in [-0.3, -0.25) is 4.79 Å². The van der Waals surface area contributed by atoms with E-state index in [-0.39, 0.29) is 16.6 Å². The molecule has 11 heteroatoms. The summed E-state index contributed by atoms with van der Waals surface area (Å²) in [6.07, 6.45) is -1.82. The van der Waals surface area contributed by atoms with E-state index in [2.05, 4.69) is 10.1 Å². The third-order valence-corrected chi connectivity index (χ3v) is 5.47. The van der Waals surface area contributed by atoms with E-state index in [1.165, 1.54) is 12.2 Å². The van der Waals surface area contributed by atoms with Crippen LogP contribution in [0.3, 0.4) is 0 Å². The number of nitrogens with zero attached hydrogens (tertiary/aromatic N) is 4. The summed E-state index contributed by atoms with van der Waals surface area (Å²) >= 11 is 6.48. The fourth-order valence-corrected chi connectivity index (χ4v) is 3.88. The average Bonchev–Trinajstić information content (AvgIpc) is 3.25. The second-order valence-corrected chi connectivity index (χ2v) is 7.62. The van der Waals surface area contributed by atoms with Crippen molar-refractivity contribution in [3.8, 4) is 11.3 Å². The molecule has 0 saturated carbocycles. The molecular formula is C18H14ClF3N4O2S. The highest BCUT2D eigenvalue weighted by Gasteiger charge is 2.36. The van der Waals surface area contributed by atoms with Crippen molar-refractivity contribution in [3.05, 3.63) is 46.1 Å². The second-order valence-electron chi connectivity index (χ2n) is 6.23. The first-order chi connectivity index (χ1) is 13.8. The molecule has 4 rings (SSSR count). The maximum absolute atomic E-state index is 13.1. The first-order valence-electron chi connectivity index (χ1n) is 8.60. The molecular weight excluding hydrogens is 429 g/mol. The number of aromatic nitrogens is 3. The first kappa shape index (κ1) is 19.9. The number of halogens is 4. The number of morpholine rings is 1. The molecule has 0 aliphatic carbocycles. The van der Waals surface area contributed by atoms with Crippen molar-refractivity contribution in [2.24, 2.45) is 0 Å². The molecule has 3 aromatic rings. The SMILES string of the molecule is O=C(C=Cc1c(-c2cccc(Cl)c2)nc2sc(C(F)(F)F)nn12)N1CCOCC1. The molecule has 29 heavy (non-hydrogen) atoms. The van der Waals surface area contributed by atoms with Crippen LogP contribution in [0.4, 0.5) is 13.2 Å². The molecule has 0 unspecified atom stereocenters. The van der Waals surface area contributed by atoms with Crippen LogP contribution in [0.15, 0.2) is 30.3 Å². The summed E-state index contributed by atoms with van der Waals surface area (Å²) in [5, 5.41) is 3.11. The van der Waals surface area contributed by atoms with E-state index in [0.29, 0.717) is 53.9 Å². The summed E-state index contributed by atoms with van der Waals surface area (Å²) in [5.74, 6) is -0.258. The van der Waals surface area contributed by atoms with Gasteiger partial charge in [-0.2, -0.15) is 13.2 Å². The van der Waals surface area contributed by atoms with Crippen molar-refractivity contribution in [1.82, 2.24) is 19.5 Å². The van der Waals surface area contributed by atoms with Crippen LogP contribution in [0.5, 0.6) is 0 Å². The van der Waals surface area contributed by atoms with Gasteiger partial charge in [0.15, 0.2) is 0 Å². The maximum Gasteiger partial charge on any atom is 0.445 e. The Hall–Kier alpha value is -2.43. The lowest BCUT2D eigenvalue weighted by Crippen LogP contribution is -2.39. The smallest absolute Gasteiger partial charge is 0.378 e. The summed E-state index contributed by atoms with van der Waals surface area (Å²) in [6.45, 7) is 1.82. The molecule has 3 heterocycles. The van der Waals surface area contributed by atoms with Gasteiger partial charge in [-0.25, -0.2) is 9.50 Å². The van der Waals surface area contributed by atoms with Crippen LogP contribution in [0.2, 0.25) is 5.02 Å². The molecule has 6 nitrogen and oxygen atoms in total. The molecule has 1 aliphatic rings. The molecule has 0 atom stereocenters. The first-order valence-corrected chi connectivity index (χ1v) is 9.80. The minimum Gasteiger partial charge on any atom is -0.378 e. The highest BCUT2D eigenvalue weighted by Crippen LogP contribution is 2.35. The van der Waals surface area contributed by atoms with E-state index < -0.39 is 11.2 Å². The number of carbonyl (C=O) groups is 1. The molecule has 152 valence electrons. The molecule has 0 spiro atoms. The number of ether oxygens (including phenoxy) is 1. The number of rotatable bonds is 3. The summed E-state index contributed by atoms with van der Waals surface area (Å²) in [5.41, 5.74) is 1.28. The van der Waals surface area contributed by atoms with Gasteiger partial charge in [0.2, 0.25) is 15.9 Å². The van der Waals surface area contributed by atoms with Crippen LogP contribution < -0.4 is 0 Å². The van der Waals surface area contributed by atoms with Crippen LogP contribution >= 0.6 is 22.9 Å². The van der Waals surface area contributed by atoms with Crippen LogP contribution in [0.25, 0.3) is 22.3 Å². The van der Waals surface area contributed by atoms with E-state index in [9.17, 15) is 18.0 Å². The predicted molar refractivity (Wildman–Crippen MR) is 103 cm³/mol. The third-order valence-electron chi connectivity index (χ3n) is 4.29. The summed E-state index contributed by atoms with van der Waals surface area (Å²) in [4.78, 5) is 18.4. The number of carbonyl (C=O) groups excluding carboxylic acids is 1. The topological polar surface area (TPSA) is 59.7 Å². The van der Waals surface area contributed by atoms with Gasteiger partial charge in [0.05, 0.1) is 24.6 Å². The monoisotopic (exact) mass is 442 g/mol. The number of fused-ring (bicyclic) bond motifs is 1. The van der Waals surface area contributed by atoms with Crippen molar-refractivity contribution in [1.29, 1.82) is 0 Å². The van der Waals surface area contributed by atoms with Gasteiger partial charge >= 0.3 is 6.18 Å². The number of hydrogen-bond donors (Lipinski definition) is 0. The van der Waals surface area contributed by atoms with E-state index in [4.69, 9.17) is 16.3 Å². The van der Waals surface area contributed by atoms with Crippen LogP contribution in [0.1, 0.15) is 10.7 Å². The normalized spacial score (nSPS) is 15.5. The zero-order valence-corrected chi connectivity index (χ0v) is 16.4. The molecule has 1 amide bonds. The Labute approximate surface area is 172 Å². The molecule has 0 bridgehead atoms. The summed E-state index contributed by atoms with van der Waals surface area (Å²) in [6, 6.07) is 6.79. The lowest BCUT2D eigenvalue weighted by molar-refractivity contribution is -0.138. The Morgan fingerprint density at radius 3 is 2.72 bits per heavy atom. The van der Waals surface area contributed by atoms with Crippen LogP contribution in [0, 0.1) is 0 Å². The minimum atomic E-state index is -4.58. The lowest BCUT2D eigenvalue weighted by atomic mass is 10.1. The zero-order chi connectivity index (χ0) is 20.6. The quantitative estimate of drug-likeness (QED) is 0.575. The number of imidazole rings is 1. The maximum atomic E-state index is 13.1. The van der Waals surface area contributed by atoms with Crippen molar-refractivity contribution >= 4 is 39.9 Å². The molecule has 1 aliphatic heterocycles. The van der Waals surface area contributed by atoms with Gasteiger partial charge in [0.1, 0.15) is 0 Å². The zero-order valence-electron chi connectivity index (χ0n) is 14.8. The lowest BCUT2D eigenvalue weighted by Gasteiger charge is -2.25. The van der Waals surface area contributed by atoms with Crippen LogP contribution in [-0.2, 0) is 15.7 Å². The highest BCUT2D eigenvalue weighted by atomic mass is 35.5. The second kappa shape index (κ2) is 7.77. The molecule has 1 saturated heterocycles. The fraction of sp³-hybridized carbons (Fsp3) is 0.278.